The largest absolute Gasteiger partial charge is 0.497 e. The van der Waals surface area contributed by atoms with Gasteiger partial charge in [0.25, 0.3) is 5.56 Å². The van der Waals surface area contributed by atoms with E-state index in [2.05, 4.69) is 4.98 Å². The predicted octanol–water partition coefficient (Wildman–Crippen LogP) is 4.35. The second kappa shape index (κ2) is 7.40. The van der Waals surface area contributed by atoms with Crippen molar-refractivity contribution < 1.29 is 9.47 Å². The average molecular weight is 401 g/mol. The summed E-state index contributed by atoms with van der Waals surface area (Å²) in [7, 11) is 3.25. The highest BCUT2D eigenvalue weighted by atomic mass is 32.2. The molecule has 0 bridgehead atoms. The lowest BCUT2D eigenvalue weighted by molar-refractivity contribution is 0.394. The zero-order valence-corrected chi connectivity index (χ0v) is 17.1. The van der Waals surface area contributed by atoms with Crippen LogP contribution in [0.2, 0.25) is 0 Å². The molecule has 1 aromatic carbocycles. The molecule has 0 aliphatic heterocycles. The van der Waals surface area contributed by atoms with Gasteiger partial charge in [-0.05, 0) is 54.9 Å². The molecule has 0 unspecified atom stereocenters. The topological polar surface area (TPSA) is 64.2 Å². The Morgan fingerprint density at radius 1 is 1.22 bits per heavy atom. The van der Waals surface area contributed by atoms with E-state index >= 15 is 0 Å². The molecule has 5 nitrogen and oxygen atoms in total. The number of thiophene rings is 1. The van der Waals surface area contributed by atoms with E-state index in [1.165, 1.54) is 10.4 Å². The van der Waals surface area contributed by atoms with Gasteiger partial charge in [0.2, 0.25) is 0 Å². The molecule has 0 atom stereocenters. The predicted molar refractivity (Wildman–Crippen MR) is 113 cm³/mol. The van der Waals surface area contributed by atoms with Crippen molar-refractivity contribution in [3.05, 3.63) is 50.4 Å². The molecule has 0 amide bonds. The van der Waals surface area contributed by atoms with Gasteiger partial charge in [0.1, 0.15) is 22.2 Å². The first-order chi connectivity index (χ1) is 13.1. The van der Waals surface area contributed by atoms with E-state index < -0.39 is 0 Å². The van der Waals surface area contributed by atoms with Gasteiger partial charge in [-0.25, -0.2) is 4.98 Å². The first-order valence-corrected chi connectivity index (χ1v) is 10.7. The van der Waals surface area contributed by atoms with Gasteiger partial charge in [0.15, 0.2) is 0 Å². The van der Waals surface area contributed by atoms with E-state index in [9.17, 15) is 4.79 Å². The first kappa shape index (κ1) is 18.1. The Bertz CT molecular complexity index is 1080. The molecule has 1 aliphatic rings. The van der Waals surface area contributed by atoms with Crippen LogP contribution in [-0.4, -0.2) is 30.4 Å². The third-order valence-corrected chi connectivity index (χ3v) is 6.64. The molecule has 2 heterocycles. The number of aromatic nitrogens is 2. The van der Waals surface area contributed by atoms with Crippen molar-refractivity contribution in [1.29, 1.82) is 0 Å². The van der Waals surface area contributed by atoms with Crippen molar-refractivity contribution in [2.45, 2.75) is 19.3 Å². The molecular weight excluding hydrogens is 380 g/mol. The van der Waals surface area contributed by atoms with Crippen molar-refractivity contribution >= 4 is 44.3 Å². The molecule has 0 radical (unpaired) electrons. The number of rotatable bonds is 5. The summed E-state index contributed by atoms with van der Waals surface area (Å²) in [6.07, 6.45) is 7.13. The average Bonchev–Trinajstić information content (AvgIpc) is 3.26. The normalized spacial score (nSPS) is 13.8. The fraction of sp³-hybridized carbons (Fsp3) is 0.300. The summed E-state index contributed by atoms with van der Waals surface area (Å²) in [6, 6.07) is 5.68. The fourth-order valence-electron chi connectivity index (χ4n) is 3.41. The van der Waals surface area contributed by atoms with Crippen LogP contribution in [0, 0.1) is 0 Å². The molecule has 1 aliphatic carbocycles. The minimum Gasteiger partial charge on any atom is -0.497 e. The zero-order chi connectivity index (χ0) is 19.0. The van der Waals surface area contributed by atoms with E-state index in [1.54, 1.807) is 37.3 Å². The monoisotopic (exact) mass is 400 g/mol. The fourth-order valence-corrected chi connectivity index (χ4v) is 5.21. The van der Waals surface area contributed by atoms with Crippen molar-refractivity contribution in [3.63, 3.8) is 0 Å². The molecule has 3 aromatic rings. The van der Waals surface area contributed by atoms with Crippen LogP contribution >= 0.6 is 23.1 Å². The highest BCUT2D eigenvalue weighted by molar-refractivity contribution is 8.07. The van der Waals surface area contributed by atoms with Gasteiger partial charge < -0.3 is 14.5 Å². The molecule has 0 fully saturated rings. The van der Waals surface area contributed by atoms with Crippen LogP contribution in [0.1, 0.15) is 28.2 Å². The lowest BCUT2D eigenvalue weighted by Gasteiger charge is -2.08. The summed E-state index contributed by atoms with van der Waals surface area (Å²) in [4.78, 5) is 23.5. The number of fused-ring (bicyclic) bond motifs is 3. The van der Waals surface area contributed by atoms with Gasteiger partial charge in [-0.1, -0.05) is 0 Å². The van der Waals surface area contributed by atoms with E-state index in [0.29, 0.717) is 17.3 Å². The zero-order valence-electron chi connectivity index (χ0n) is 15.4. The standard InChI is InChI=1S/C20H20N2O3S2/c1-24-12-7-11(8-13(10-12)25-2)9-16(26-3)18-21-19(23)17-14-5-4-6-15(14)27-20(17)22-18/h7-10H,4-6H2,1-3H3,(H,21,22,23)/b16-9-. The van der Waals surface area contributed by atoms with E-state index in [1.807, 2.05) is 30.5 Å². The van der Waals surface area contributed by atoms with Gasteiger partial charge in [-0.15, -0.1) is 23.1 Å². The highest BCUT2D eigenvalue weighted by Gasteiger charge is 2.21. The van der Waals surface area contributed by atoms with Gasteiger partial charge >= 0.3 is 0 Å². The molecule has 2 aromatic heterocycles. The van der Waals surface area contributed by atoms with Crippen LogP contribution in [-0.2, 0) is 12.8 Å². The number of nitrogens with zero attached hydrogens (tertiary/aromatic N) is 1. The number of nitrogens with one attached hydrogen (secondary N) is 1. The maximum absolute atomic E-state index is 12.7. The molecule has 0 spiro atoms. The van der Waals surface area contributed by atoms with Crippen molar-refractivity contribution in [2.24, 2.45) is 0 Å². The van der Waals surface area contributed by atoms with Crippen LogP contribution < -0.4 is 15.0 Å². The summed E-state index contributed by atoms with van der Waals surface area (Å²) in [6.45, 7) is 0. The number of hydrogen-bond acceptors (Lipinski definition) is 6. The molecule has 0 saturated carbocycles. The number of hydrogen-bond donors (Lipinski definition) is 1. The van der Waals surface area contributed by atoms with Crippen LogP contribution in [0.3, 0.4) is 0 Å². The third-order valence-electron chi connectivity index (χ3n) is 4.70. The Labute approximate surface area is 165 Å². The van der Waals surface area contributed by atoms with Crippen LogP contribution in [0.15, 0.2) is 23.0 Å². The maximum atomic E-state index is 12.7. The summed E-state index contributed by atoms with van der Waals surface area (Å²) >= 11 is 3.20. The van der Waals surface area contributed by atoms with Gasteiger partial charge in [0.05, 0.1) is 24.5 Å². The summed E-state index contributed by atoms with van der Waals surface area (Å²) in [5.74, 6) is 2.03. The molecular formula is C20H20N2O3S2. The quantitative estimate of drug-likeness (QED) is 0.690. The van der Waals surface area contributed by atoms with Gasteiger partial charge in [-0.2, -0.15) is 0 Å². The Balaban J connectivity index is 1.81. The van der Waals surface area contributed by atoms with E-state index in [-0.39, 0.29) is 5.56 Å². The molecule has 140 valence electrons. The van der Waals surface area contributed by atoms with Crippen LogP contribution in [0.25, 0.3) is 21.2 Å². The Hall–Kier alpha value is -2.25. The molecule has 0 saturated heterocycles. The van der Waals surface area contributed by atoms with Crippen molar-refractivity contribution in [2.75, 3.05) is 20.5 Å². The van der Waals surface area contributed by atoms with Crippen molar-refractivity contribution in [3.8, 4) is 11.5 Å². The molecule has 4 rings (SSSR count). The molecule has 1 N–H and O–H groups in total. The summed E-state index contributed by atoms with van der Waals surface area (Å²) in [5.41, 5.74) is 2.08. The molecule has 7 heteroatoms. The van der Waals surface area contributed by atoms with Gasteiger partial charge in [0, 0.05) is 10.9 Å². The third kappa shape index (κ3) is 3.37. The second-order valence-corrected chi connectivity index (χ2v) is 8.24. The number of aromatic amines is 1. The van der Waals surface area contributed by atoms with Crippen LogP contribution in [0.5, 0.6) is 11.5 Å². The van der Waals surface area contributed by atoms with Crippen molar-refractivity contribution in [1.82, 2.24) is 9.97 Å². The number of benzene rings is 1. The number of aryl methyl sites for hydroxylation is 2. The highest BCUT2D eigenvalue weighted by Crippen LogP contribution is 2.36. The first-order valence-electron chi connectivity index (χ1n) is 8.66. The smallest absolute Gasteiger partial charge is 0.260 e. The lowest BCUT2D eigenvalue weighted by atomic mass is 10.1. The lowest BCUT2D eigenvalue weighted by Crippen LogP contribution is -2.11. The summed E-state index contributed by atoms with van der Waals surface area (Å²) in [5, 5.41) is 0.778. The second-order valence-electron chi connectivity index (χ2n) is 6.31. The van der Waals surface area contributed by atoms with Gasteiger partial charge in [-0.3, -0.25) is 4.79 Å². The minimum absolute atomic E-state index is 0.0439. The van der Waals surface area contributed by atoms with E-state index in [0.717, 1.165) is 39.9 Å². The number of H-pyrrole nitrogens is 1. The summed E-state index contributed by atoms with van der Waals surface area (Å²) < 4.78 is 10.7. The molecule has 27 heavy (non-hydrogen) atoms. The SMILES string of the molecule is COc1cc(/C=C(\SC)c2nc3sc4c(c3c(=O)[nH]2)CCC4)cc(OC)c1. The van der Waals surface area contributed by atoms with E-state index in [4.69, 9.17) is 14.5 Å². The minimum atomic E-state index is -0.0439. The van der Waals surface area contributed by atoms with Crippen LogP contribution in [0.4, 0.5) is 0 Å². The number of thioether (sulfide) groups is 1. The number of methoxy groups -OCH3 is 2. The Kier molecular flexibility index (Phi) is 4.97. The maximum Gasteiger partial charge on any atom is 0.260 e. The number of ether oxygens (including phenoxy) is 2. The Morgan fingerprint density at radius 3 is 2.63 bits per heavy atom. The Morgan fingerprint density at radius 2 is 1.96 bits per heavy atom.